The lowest BCUT2D eigenvalue weighted by Crippen LogP contribution is -2.38. The van der Waals surface area contributed by atoms with Crippen LogP contribution >= 0.6 is 11.6 Å². The lowest BCUT2D eigenvalue weighted by atomic mass is 9.77. The molecule has 0 atom stereocenters. The highest BCUT2D eigenvalue weighted by molar-refractivity contribution is 6.32. The highest BCUT2D eigenvalue weighted by Gasteiger charge is 2.43. The van der Waals surface area contributed by atoms with Gasteiger partial charge >= 0.3 is 0 Å². The molecule has 1 saturated carbocycles. The maximum absolute atomic E-state index is 13.5. The van der Waals surface area contributed by atoms with Gasteiger partial charge in [0.25, 0.3) is 0 Å². The topological polar surface area (TPSA) is 66.0 Å². The number of benzene rings is 2. The van der Waals surface area contributed by atoms with Gasteiger partial charge in [-0.3, -0.25) is 4.79 Å². The minimum Gasteiger partial charge on any atom is -0.495 e. The van der Waals surface area contributed by atoms with E-state index in [4.69, 9.17) is 30.5 Å². The molecule has 0 bridgehead atoms. The van der Waals surface area contributed by atoms with E-state index in [0.29, 0.717) is 41.2 Å². The molecule has 154 valence electrons. The van der Waals surface area contributed by atoms with Crippen LogP contribution in [0.15, 0.2) is 30.3 Å². The normalized spacial score (nSPS) is 16.9. The quantitative estimate of drug-likeness (QED) is 0.771. The summed E-state index contributed by atoms with van der Waals surface area (Å²) in [6, 6.07) is 9.13. The predicted octanol–water partition coefficient (Wildman–Crippen LogP) is 4.58. The third-order valence-electron chi connectivity index (χ3n) is 5.71. The van der Waals surface area contributed by atoms with Crippen LogP contribution in [0.1, 0.15) is 31.2 Å². The molecule has 2 aromatic rings. The highest BCUT2D eigenvalue weighted by Crippen LogP contribution is 2.46. The zero-order valence-corrected chi connectivity index (χ0v) is 17.3. The second-order valence-electron chi connectivity index (χ2n) is 7.29. The number of hydrogen-bond acceptors (Lipinski definition) is 5. The molecule has 1 N–H and O–H groups in total. The Hall–Kier alpha value is -2.60. The van der Waals surface area contributed by atoms with E-state index >= 15 is 0 Å². The summed E-state index contributed by atoms with van der Waals surface area (Å²) in [5.41, 5.74) is 0.840. The van der Waals surface area contributed by atoms with Crippen molar-refractivity contribution in [2.24, 2.45) is 0 Å². The fourth-order valence-electron chi connectivity index (χ4n) is 4.17. The molecule has 1 aliphatic heterocycles. The average Bonchev–Trinajstić information content (AvgIpc) is 3.25. The molecule has 0 saturated heterocycles. The fourth-order valence-corrected chi connectivity index (χ4v) is 4.40. The van der Waals surface area contributed by atoms with Gasteiger partial charge in [-0.1, -0.05) is 30.5 Å². The Morgan fingerprint density at radius 1 is 1.00 bits per heavy atom. The van der Waals surface area contributed by atoms with Crippen molar-refractivity contribution in [2.75, 3.05) is 32.8 Å². The van der Waals surface area contributed by atoms with Gasteiger partial charge in [0.05, 0.1) is 30.3 Å². The van der Waals surface area contributed by atoms with E-state index in [0.717, 1.165) is 37.0 Å². The van der Waals surface area contributed by atoms with Gasteiger partial charge in [-0.15, -0.1) is 0 Å². The number of halogens is 1. The van der Waals surface area contributed by atoms with Gasteiger partial charge in [0.1, 0.15) is 24.7 Å². The number of anilines is 1. The Kier molecular flexibility index (Phi) is 5.46. The van der Waals surface area contributed by atoms with Crippen molar-refractivity contribution < 1.29 is 23.7 Å². The highest BCUT2D eigenvalue weighted by atomic mass is 35.5. The second kappa shape index (κ2) is 8.03. The van der Waals surface area contributed by atoms with Crippen LogP contribution in [0.25, 0.3) is 0 Å². The SMILES string of the molecule is COc1cc(NC(=O)C2(c3ccc4c(c3)OCCO4)CCCC2)c(OC)cc1Cl. The molecule has 0 unspecified atom stereocenters. The maximum atomic E-state index is 13.5. The van der Waals surface area contributed by atoms with Gasteiger partial charge < -0.3 is 24.3 Å². The van der Waals surface area contributed by atoms with Crippen LogP contribution in [0.4, 0.5) is 5.69 Å². The van der Waals surface area contributed by atoms with Crippen molar-refractivity contribution in [1.82, 2.24) is 0 Å². The molecule has 0 spiro atoms. The summed E-state index contributed by atoms with van der Waals surface area (Å²) >= 11 is 6.19. The monoisotopic (exact) mass is 417 g/mol. The Labute approximate surface area is 175 Å². The minimum atomic E-state index is -0.631. The van der Waals surface area contributed by atoms with E-state index in [9.17, 15) is 4.79 Å². The molecule has 0 aromatic heterocycles. The summed E-state index contributed by atoms with van der Waals surface area (Å²) in [5.74, 6) is 2.30. The molecular formula is C22H24ClNO5. The Balaban J connectivity index is 1.68. The van der Waals surface area contributed by atoms with Crippen LogP contribution in [0.2, 0.25) is 5.02 Å². The minimum absolute atomic E-state index is 0.0747. The van der Waals surface area contributed by atoms with Crippen molar-refractivity contribution >= 4 is 23.2 Å². The molecule has 0 radical (unpaired) electrons. The lowest BCUT2D eigenvalue weighted by molar-refractivity contribution is -0.121. The summed E-state index contributed by atoms with van der Waals surface area (Å²) < 4.78 is 22.1. The summed E-state index contributed by atoms with van der Waals surface area (Å²) in [6.07, 6.45) is 3.52. The average molecular weight is 418 g/mol. The van der Waals surface area contributed by atoms with Crippen molar-refractivity contribution in [1.29, 1.82) is 0 Å². The van der Waals surface area contributed by atoms with Crippen molar-refractivity contribution in [3.05, 3.63) is 40.9 Å². The van der Waals surface area contributed by atoms with Gasteiger partial charge in [0.15, 0.2) is 11.5 Å². The number of carbonyl (C=O) groups excluding carboxylic acids is 1. The summed E-state index contributed by atoms with van der Waals surface area (Å²) in [4.78, 5) is 13.5. The Morgan fingerprint density at radius 2 is 1.69 bits per heavy atom. The third-order valence-corrected chi connectivity index (χ3v) is 6.00. The molecular weight excluding hydrogens is 394 g/mol. The summed E-state index contributed by atoms with van der Waals surface area (Å²) in [6.45, 7) is 1.05. The molecule has 1 heterocycles. The van der Waals surface area contributed by atoms with Gasteiger partial charge in [-0.05, 0) is 30.5 Å². The first-order valence-electron chi connectivity index (χ1n) is 9.70. The second-order valence-corrected chi connectivity index (χ2v) is 7.70. The van der Waals surface area contributed by atoms with E-state index in [2.05, 4.69) is 5.32 Å². The number of nitrogens with one attached hydrogen (secondary N) is 1. The summed E-state index contributed by atoms with van der Waals surface area (Å²) in [5, 5.41) is 3.47. The molecule has 4 rings (SSSR count). The molecule has 1 aliphatic carbocycles. The first kappa shape index (κ1) is 19.7. The zero-order valence-electron chi connectivity index (χ0n) is 16.5. The number of ether oxygens (including phenoxy) is 4. The van der Waals surface area contributed by atoms with Crippen LogP contribution in [0, 0.1) is 0 Å². The number of methoxy groups -OCH3 is 2. The fraction of sp³-hybridized carbons (Fsp3) is 0.409. The van der Waals surface area contributed by atoms with Gasteiger partial charge in [0, 0.05) is 12.1 Å². The van der Waals surface area contributed by atoms with E-state index in [1.165, 1.54) is 7.11 Å². The largest absolute Gasteiger partial charge is 0.495 e. The zero-order chi connectivity index (χ0) is 20.4. The van der Waals surface area contributed by atoms with Gasteiger partial charge in [-0.25, -0.2) is 0 Å². The van der Waals surface area contributed by atoms with E-state index in [1.807, 2.05) is 18.2 Å². The summed E-state index contributed by atoms with van der Waals surface area (Å²) in [7, 11) is 3.08. The van der Waals surface area contributed by atoms with E-state index in [-0.39, 0.29) is 5.91 Å². The van der Waals surface area contributed by atoms with E-state index in [1.54, 1.807) is 19.2 Å². The smallest absolute Gasteiger partial charge is 0.235 e. The van der Waals surface area contributed by atoms with Crippen LogP contribution < -0.4 is 24.3 Å². The number of hydrogen-bond donors (Lipinski definition) is 1. The molecule has 2 aromatic carbocycles. The van der Waals surface area contributed by atoms with Crippen molar-refractivity contribution in [3.63, 3.8) is 0 Å². The molecule has 7 heteroatoms. The Bertz CT molecular complexity index is 924. The standard InChI is InChI=1S/C22H24ClNO5/c1-26-18-13-16(19(27-2)12-15(18)23)24-21(25)22(7-3-4-8-22)14-5-6-17-20(11-14)29-10-9-28-17/h5-6,11-13H,3-4,7-10H2,1-2H3,(H,24,25). The lowest BCUT2D eigenvalue weighted by Gasteiger charge is -2.30. The van der Waals surface area contributed by atoms with Gasteiger partial charge in [-0.2, -0.15) is 0 Å². The molecule has 6 nitrogen and oxygen atoms in total. The van der Waals surface area contributed by atoms with E-state index < -0.39 is 5.41 Å². The molecule has 1 fully saturated rings. The van der Waals surface area contributed by atoms with Crippen molar-refractivity contribution in [3.8, 4) is 23.0 Å². The number of fused-ring (bicyclic) bond motifs is 1. The van der Waals surface area contributed by atoms with Crippen LogP contribution in [-0.4, -0.2) is 33.3 Å². The van der Waals surface area contributed by atoms with Crippen molar-refractivity contribution in [2.45, 2.75) is 31.1 Å². The van der Waals surface area contributed by atoms with Crippen LogP contribution in [0.3, 0.4) is 0 Å². The first-order valence-corrected chi connectivity index (χ1v) is 10.1. The first-order chi connectivity index (χ1) is 14.1. The predicted molar refractivity (Wildman–Crippen MR) is 111 cm³/mol. The number of rotatable bonds is 5. The Morgan fingerprint density at radius 3 is 2.38 bits per heavy atom. The van der Waals surface area contributed by atoms with Crippen LogP contribution in [0.5, 0.6) is 23.0 Å². The number of amides is 1. The van der Waals surface area contributed by atoms with Gasteiger partial charge in [0.2, 0.25) is 5.91 Å². The number of carbonyl (C=O) groups is 1. The molecule has 1 amide bonds. The third kappa shape index (κ3) is 3.57. The van der Waals surface area contributed by atoms with Crippen LogP contribution in [-0.2, 0) is 10.2 Å². The maximum Gasteiger partial charge on any atom is 0.235 e. The molecule has 2 aliphatic rings. The molecule has 29 heavy (non-hydrogen) atoms.